The van der Waals surface area contributed by atoms with Crippen LogP contribution in [0.4, 0.5) is 0 Å². The third-order valence-corrected chi connectivity index (χ3v) is 4.66. The molecule has 1 aliphatic rings. The summed E-state index contributed by atoms with van der Waals surface area (Å²) in [6.07, 6.45) is 4.21. The highest BCUT2D eigenvalue weighted by Crippen LogP contribution is 2.43. The first-order chi connectivity index (χ1) is 9.36. The normalized spacial score (nSPS) is 23.9. The first-order valence-electron chi connectivity index (χ1n) is 7.89. The highest BCUT2D eigenvalue weighted by Gasteiger charge is 2.36. The summed E-state index contributed by atoms with van der Waals surface area (Å²) in [7, 11) is 0. The summed E-state index contributed by atoms with van der Waals surface area (Å²) in [4.78, 5) is 0. The second-order valence-electron chi connectivity index (χ2n) is 7.25. The van der Waals surface area contributed by atoms with Gasteiger partial charge in [-0.15, -0.1) is 0 Å². The summed E-state index contributed by atoms with van der Waals surface area (Å²) >= 11 is 0. The molecule has 0 saturated carbocycles. The van der Waals surface area contributed by atoms with Crippen molar-refractivity contribution in [2.75, 3.05) is 6.54 Å². The monoisotopic (exact) mass is 275 g/mol. The van der Waals surface area contributed by atoms with Crippen molar-refractivity contribution in [3.63, 3.8) is 0 Å². The molecule has 0 fully saturated rings. The van der Waals surface area contributed by atoms with Gasteiger partial charge in [-0.05, 0) is 42.7 Å². The minimum absolute atomic E-state index is 0.233. The van der Waals surface area contributed by atoms with Crippen molar-refractivity contribution in [3.05, 3.63) is 35.4 Å². The average molecular weight is 275 g/mol. The zero-order valence-corrected chi connectivity index (χ0v) is 13.4. The number of hydrogen-bond acceptors (Lipinski definition) is 2. The van der Waals surface area contributed by atoms with Crippen LogP contribution in [0.2, 0.25) is 0 Å². The van der Waals surface area contributed by atoms with Crippen LogP contribution in [-0.2, 0) is 6.42 Å². The molecule has 0 heterocycles. The molecule has 1 aromatic carbocycles. The highest BCUT2D eigenvalue weighted by molar-refractivity contribution is 5.34. The van der Waals surface area contributed by atoms with Crippen LogP contribution in [-0.4, -0.2) is 17.3 Å². The van der Waals surface area contributed by atoms with E-state index in [-0.39, 0.29) is 5.41 Å². The number of rotatable bonds is 5. The summed E-state index contributed by atoms with van der Waals surface area (Å²) in [6.45, 7) is 9.37. The smallest absolute Gasteiger partial charge is 0.0743 e. The van der Waals surface area contributed by atoms with Gasteiger partial charge >= 0.3 is 0 Å². The van der Waals surface area contributed by atoms with Gasteiger partial charge in [0.05, 0.1) is 5.60 Å². The van der Waals surface area contributed by atoms with E-state index in [2.05, 4.69) is 50.4 Å². The van der Waals surface area contributed by atoms with E-state index in [1.54, 1.807) is 0 Å². The van der Waals surface area contributed by atoms with E-state index in [1.807, 2.05) is 6.92 Å². The van der Waals surface area contributed by atoms with E-state index in [4.69, 9.17) is 0 Å². The topological polar surface area (TPSA) is 32.3 Å². The SMILES string of the molecule is CCCC(C)(O)CNC1c2ccccc2CCC1(C)C. The lowest BCUT2D eigenvalue weighted by Crippen LogP contribution is -2.45. The average Bonchev–Trinajstić information content (AvgIpc) is 2.37. The van der Waals surface area contributed by atoms with Crippen LogP contribution < -0.4 is 5.32 Å². The largest absolute Gasteiger partial charge is 0.389 e. The van der Waals surface area contributed by atoms with Crippen molar-refractivity contribution in [2.45, 2.75) is 65.0 Å². The minimum atomic E-state index is -0.614. The van der Waals surface area contributed by atoms with E-state index in [9.17, 15) is 5.11 Å². The van der Waals surface area contributed by atoms with E-state index in [0.717, 1.165) is 19.3 Å². The Morgan fingerprint density at radius 2 is 2.05 bits per heavy atom. The van der Waals surface area contributed by atoms with Crippen LogP contribution in [0.25, 0.3) is 0 Å². The Kier molecular flexibility index (Phi) is 4.55. The van der Waals surface area contributed by atoms with Gasteiger partial charge in [0.1, 0.15) is 0 Å². The molecule has 2 nitrogen and oxygen atoms in total. The molecule has 1 aliphatic carbocycles. The lowest BCUT2D eigenvalue weighted by molar-refractivity contribution is 0.0396. The number of aliphatic hydroxyl groups is 1. The summed E-state index contributed by atoms with van der Waals surface area (Å²) < 4.78 is 0. The van der Waals surface area contributed by atoms with Crippen LogP contribution in [0.1, 0.15) is 64.1 Å². The third kappa shape index (κ3) is 3.42. The molecule has 0 spiro atoms. The predicted octanol–water partition coefficient (Wildman–Crippen LogP) is 3.84. The number of fused-ring (bicyclic) bond motifs is 1. The van der Waals surface area contributed by atoms with Gasteiger partial charge < -0.3 is 10.4 Å². The Bertz CT molecular complexity index is 450. The van der Waals surface area contributed by atoms with E-state index in [1.165, 1.54) is 17.5 Å². The number of benzene rings is 1. The van der Waals surface area contributed by atoms with Crippen molar-refractivity contribution in [1.82, 2.24) is 5.32 Å². The maximum atomic E-state index is 10.4. The lowest BCUT2D eigenvalue weighted by Gasteiger charge is -2.42. The van der Waals surface area contributed by atoms with E-state index < -0.39 is 5.60 Å². The van der Waals surface area contributed by atoms with Gasteiger partial charge in [-0.25, -0.2) is 0 Å². The molecule has 2 N–H and O–H groups in total. The van der Waals surface area contributed by atoms with Crippen LogP contribution in [0.5, 0.6) is 0 Å². The molecule has 2 heteroatoms. The Balaban J connectivity index is 2.16. The molecule has 2 atom stereocenters. The second kappa shape index (κ2) is 5.87. The molecule has 0 aromatic heterocycles. The summed E-state index contributed by atoms with van der Waals surface area (Å²) in [5.74, 6) is 0. The molecule has 1 aromatic rings. The molecular weight excluding hydrogens is 246 g/mol. The van der Waals surface area contributed by atoms with Gasteiger partial charge in [0.15, 0.2) is 0 Å². The van der Waals surface area contributed by atoms with Crippen molar-refractivity contribution in [2.24, 2.45) is 5.41 Å². The molecule has 2 unspecified atom stereocenters. The fraction of sp³-hybridized carbons (Fsp3) is 0.667. The fourth-order valence-corrected chi connectivity index (χ4v) is 3.40. The third-order valence-electron chi connectivity index (χ3n) is 4.66. The molecule has 0 aliphatic heterocycles. The van der Waals surface area contributed by atoms with Gasteiger partial charge in [0.2, 0.25) is 0 Å². The van der Waals surface area contributed by atoms with Gasteiger partial charge in [-0.1, -0.05) is 51.5 Å². The molecule has 112 valence electrons. The molecule has 0 bridgehead atoms. The van der Waals surface area contributed by atoms with Crippen molar-refractivity contribution in [1.29, 1.82) is 0 Å². The quantitative estimate of drug-likeness (QED) is 0.855. The molecule has 0 saturated heterocycles. The molecule has 0 amide bonds. The van der Waals surface area contributed by atoms with Crippen LogP contribution >= 0.6 is 0 Å². The van der Waals surface area contributed by atoms with Gasteiger partial charge in [-0.3, -0.25) is 0 Å². The standard InChI is InChI=1S/C18H29NO/c1-5-11-18(4,20)13-19-16-15-9-7-6-8-14(15)10-12-17(16,2)3/h6-9,16,19-20H,5,10-13H2,1-4H3. The van der Waals surface area contributed by atoms with Gasteiger partial charge in [-0.2, -0.15) is 0 Å². The van der Waals surface area contributed by atoms with Gasteiger partial charge in [0.25, 0.3) is 0 Å². The van der Waals surface area contributed by atoms with E-state index in [0.29, 0.717) is 12.6 Å². The van der Waals surface area contributed by atoms with Crippen molar-refractivity contribution >= 4 is 0 Å². The summed E-state index contributed by atoms with van der Waals surface area (Å²) in [5.41, 5.74) is 2.49. The van der Waals surface area contributed by atoms with Gasteiger partial charge in [0, 0.05) is 12.6 Å². The number of nitrogens with one attached hydrogen (secondary N) is 1. The second-order valence-corrected chi connectivity index (χ2v) is 7.25. The van der Waals surface area contributed by atoms with E-state index >= 15 is 0 Å². The van der Waals surface area contributed by atoms with Crippen LogP contribution in [0, 0.1) is 5.41 Å². The maximum absolute atomic E-state index is 10.4. The van der Waals surface area contributed by atoms with Crippen LogP contribution in [0.3, 0.4) is 0 Å². The zero-order chi connectivity index (χ0) is 14.8. The number of hydrogen-bond donors (Lipinski definition) is 2. The molecule has 20 heavy (non-hydrogen) atoms. The summed E-state index contributed by atoms with van der Waals surface area (Å²) in [6, 6.07) is 9.06. The number of aryl methyl sites for hydroxylation is 1. The molecule has 0 radical (unpaired) electrons. The Morgan fingerprint density at radius 3 is 2.75 bits per heavy atom. The van der Waals surface area contributed by atoms with Crippen molar-refractivity contribution in [3.8, 4) is 0 Å². The highest BCUT2D eigenvalue weighted by atomic mass is 16.3. The summed E-state index contributed by atoms with van der Waals surface area (Å²) in [5, 5.41) is 14.0. The molecule has 2 rings (SSSR count). The zero-order valence-electron chi connectivity index (χ0n) is 13.4. The first-order valence-corrected chi connectivity index (χ1v) is 7.89. The molecular formula is C18H29NO. The predicted molar refractivity (Wildman–Crippen MR) is 84.8 cm³/mol. The Hall–Kier alpha value is -0.860. The lowest BCUT2D eigenvalue weighted by atomic mass is 9.70. The van der Waals surface area contributed by atoms with Crippen molar-refractivity contribution < 1.29 is 5.11 Å². The Labute approximate surface area is 123 Å². The minimum Gasteiger partial charge on any atom is -0.389 e. The first kappa shape index (κ1) is 15.5. The fourth-order valence-electron chi connectivity index (χ4n) is 3.40. The Morgan fingerprint density at radius 1 is 1.35 bits per heavy atom. The van der Waals surface area contributed by atoms with Crippen LogP contribution in [0.15, 0.2) is 24.3 Å². The maximum Gasteiger partial charge on any atom is 0.0743 e.